The second kappa shape index (κ2) is 4.76. The van der Waals surface area contributed by atoms with Crippen LogP contribution in [0.1, 0.15) is 18.4 Å². The molecular weight excluding hydrogens is 234 g/mol. The zero-order valence-electron chi connectivity index (χ0n) is 10.8. The normalized spacial score (nSPS) is 24.0. The third-order valence-corrected chi connectivity index (χ3v) is 3.55. The van der Waals surface area contributed by atoms with Gasteiger partial charge in [0.05, 0.1) is 11.4 Å². The summed E-state index contributed by atoms with van der Waals surface area (Å²) in [5.74, 6) is 0. The van der Waals surface area contributed by atoms with Crippen molar-refractivity contribution in [1.82, 2.24) is 5.32 Å². The molecule has 0 fully saturated rings. The minimum Gasteiger partial charge on any atom is -0.391 e. The van der Waals surface area contributed by atoms with Gasteiger partial charge >= 0.3 is 0 Å². The Kier molecular flexibility index (Phi) is 2.95. The summed E-state index contributed by atoms with van der Waals surface area (Å²) >= 11 is 0. The summed E-state index contributed by atoms with van der Waals surface area (Å²) in [6, 6.07) is 7.97. The Morgan fingerprint density at radius 1 is 1.21 bits per heavy atom. The number of allylic oxidation sites excluding steroid dienone is 3. The predicted molar refractivity (Wildman–Crippen MR) is 79.4 cm³/mol. The van der Waals surface area contributed by atoms with Gasteiger partial charge in [-0.1, -0.05) is 30.9 Å². The zero-order valence-corrected chi connectivity index (χ0v) is 10.8. The number of para-hydroxylation sites is 1. The predicted octanol–water partition coefficient (Wildman–Crippen LogP) is 3.19. The van der Waals surface area contributed by atoms with Gasteiger partial charge in [-0.3, -0.25) is 5.41 Å². The number of benzene rings is 1. The molecule has 1 aromatic rings. The van der Waals surface area contributed by atoms with E-state index in [1.807, 2.05) is 30.5 Å². The molecular formula is C16H17N3. The molecule has 0 aromatic heterocycles. The molecule has 3 heteroatoms. The molecule has 3 rings (SSSR count). The maximum atomic E-state index is 8.34. The first kappa shape index (κ1) is 11.8. The van der Waals surface area contributed by atoms with Crippen LogP contribution in [-0.4, -0.2) is 12.3 Å². The lowest BCUT2D eigenvalue weighted by molar-refractivity contribution is 0.806. The highest BCUT2D eigenvalue weighted by molar-refractivity contribution is 6.20. The highest BCUT2D eigenvalue weighted by Crippen LogP contribution is 2.32. The van der Waals surface area contributed by atoms with Gasteiger partial charge in [0.2, 0.25) is 0 Å². The molecule has 2 aliphatic rings. The highest BCUT2D eigenvalue weighted by atomic mass is 14.9. The van der Waals surface area contributed by atoms with E-state index in [0.29, 0.717) is 5.71 Å². The molecule has 0 aliphatic carbocycles. The number of hydrogen-bond donors (Lipinski definition) is 3. The fourth-order valence-corrected chi connectivity index (χ4v) is 2.54. The molecule has 0 amide bonds. The van der Waals surface area contributed by atoms with Gasteiger partial charge in [0, 0.05) is 17.8 Å². The quantitative estimate of drug-likeness (QED) is 0.663. The van der Waals surface area contributed by atoms with Gasteiger partial charge in [-0.15, -0.1) is 0 Å². The van der Waals surface area contributed by atoms with Crippen molar-refractivity contribution in [3.8, 4) is 0 Å². The summed E-state index contributed by atoms with van der Waals surface area (Å²) in [7, 11) is 0. The van der Waals surface area contributed by atoms with Gasteiger partial charge in [-0.25, -0.2) is 0 Å². The van der Waals surface area contributed by atoms with E-state index in [1.54, 1.807) is 0 Å². The van der Waals surface area contributed by atoms with Crippen molar-refractivity contribution in [2.45, 2.75) is 12.8 Å². The molecule has 0 saturated carbocycles. The lowest BCUT2D eigenvalue weighted by Gasteiger charge is -2.16. The molecule has 0 atom stereocenters. The third-order valence-electron chi connectivity index (χ3n) is 3.55. The van der Waals surface area contributed by atoms with Crippen LogP contribution in [0.2, 0.25) is 0 Å². The fraction of sp³-hybridized carbons (Fsp3) is 0.188. The molecule has 1 aromatic carbocycles. The van der Waals surface area contributed by atoms with E-state index in [9.17, 15) is 0 Å². The SMILES string of the molecule is C=C1C/C=C\NCC/C1=C1\Nc2ccccc2C1=N. The second-order valence-electron chi connectivity index (χ2n) is 4.81. The first-order chi connectivity index (χ1) is 9.27. The van der Waals surface area contributed by atoms with Crippen LogP contribution < -0.4 is 10.6 Å². The highest BCUT2D eigenvalue weighted by Gasteiger charge is 2.24. The lowest BCUT2D eigenvalue weighted by Crippen LogP contribution is -2.15. The largest absolute Gasteiger partial charge is 0.391 e. The molecule has 2 heterocycles. The first-order valence-electron chi connectivity index (χ1n) is 6.52. The van der Waals surface area contributed by atoms with Crippen molar-refractivity contribution in [3.05, 3.63) is 65.5 Å². The lowest BCUT2D eigenvalue weighted by atomic mass is 9.96. The van der Waals surface area contributed by atoms with Crippen LogP contribution in [0.3, 0.4) is 0 Å². The van der Waals surface area contributed by atoms with Crippen molar-refractivity contribution in [1.29, 1.82) is 5.41 Å². The minimum atomic E-state index is 0.580. The van der Waals surface area contributed by atoms with Gasteiger partial charge in [0.25, 0.3) is 0 Å². The summed E-state index contributed by atoms with van der Waals surface area (Å²) in [6.07, 6.45) is 5.78. The Balaban J connectivity index is 2.02. The summed E-state index contributed by atoms with van der Waals surface area (Å²) in [5.41, 5.74) is 5.76. The average molecular weight is 251 g/mol. The minimum absolute atomic E-state index is 0.580. The van der Waals surface area contributed by atoms with Gasteiger partial charge in [-0.05, 0) is 36.3 Å². The maximum Gasteiger partial charge on any atom is 0.0870 e. The Bertz CT molecular complexity index is 608. The zero-order chi connectivity index (χ0) is 13.2. The number of fused-ring (bicyclic) bond motifs is 1. The molecule has 3 nitrogen and oxygen atoms in total. The van der Waals surface area contributed by atoms with Crippen LogP contribution >= 0.6 is 0 Å². The molecule has 0 spiro atoms. The van der Waals surface area contributed by atoms with E-state index in [1.165, 1.54) is 0 Å². The molecule has 3 N–H and O–H groups in total. The summed E-state index contributed by atoms with van der Waals surface area (Å²) in [4.78, 5) is 0. The number of hydrogen-bond acceptors (Lipinski definition) is 3. The molecule has 96 valence electrons. The monoisotopic (exact) mass is 251 g/mol. The van der Waals surface area contributed by atoms with Crippen molar-refractivity contribution in [3.63, 3.8) is 0 Å². The van der Waals surface area contributed by atoms with Crippen molar-refractivity contribution in [2.75, 3.05) is 11.9 Å². The second-order valence-corrected chi connectivity index (χ2v) is 4.81. The summed E-state index contributed by atoms with van der Waals surface area (Å²) in [6.45, 7) is 5.04. The number of rotatable bonds is 0. The molecule has 19 heavy (non-hydrogen) atoms. The van der Waals surface area contributed by atoms with E-state index in [4.69, 9.17) is 5.41 Å². The standard InChI is InChI=1S/C16H17N3/c1-11-5-4-9-18-10-8-12(11)16-15(17)13-6-2-3-7-14(13)19-16/h2-4,6-7,9,17-19H,1,5,8,10H2/b9-4-,16-12+,17-15?. The van der Waals surface area contributed by atoms with Crippen molar-refractivity contribution >= 4 is 11.4 Å². The average Bonchev–Trinajstić information content (AvgIpc) is 2.73. The van der Waals surface area contributed by atoms with Crippen LogP contribution in [0.15, 0.2) is 60.0 Å². The first-order valence-corrected chi connectivity index (χ1v) is 6.52. The molecule has 0 radical (unpaired) electrons. The smallest absolute Gasteiger partial charge is 0.0870 e. The van der Waals surface area contributed by atoms with Crippen LogP contribution in [0.25, 0.3) is 0 Å². The molecule has 2 aliphatic heterocycles. The molecule has 0 bridgehead atoms. The Labute approximate surface area is 113 Å². The van der Waals surface area contributed by atoms with Gasteiger partial charge in [0.15, 0.2) is 0 Å². The van der Waals surface area contributed by atoms with Crippen LogP contribution in [-0.2, 0) is 0 Å². The van der Waals surface area contributed by atoms with E-state index >= 15 is 0 Å². The maximum absolute atomic E-state index is 8.34. The van der Waals surface area contributed by atoms with Crippen molar-refractivity contribution < 1.29 is 0 Å². The van der Waals surface area contributed by atoms with Gasteiger partial charge < -0.3 is 10.6 Å². The van der Waals surface area contributed by atoms with Crippen LogP contribution in [0.4, 0.5) is 5.69 Å². The van der Waals surface area contributed by atoms with Gasteiger partial charge in [0.1, 0.15) is 0 Å². The van der Waals surface area contributed by atoms with Crippen LogP contribution in [0.5, 0.6) is 0 Å². The van der Waals surface area contributed by atoms with E-state index < -0.39 is 0 Å². The Morgan fingerprint density at radius 3 is 2.89 bits per heavy atom. The Hall–Kier alpha value is -2.29. The van der Waals surface area contributed by atoms with Crippen LogP contribution in [0, 0.1) is 5.41 Å². The summed E-state index contributed by atoms with van der Waals surface area (Å²) in [5, 5.41) is 15.0. The summed E-state index contributed by atoms with van der Waals surface area (Å²) < 4.78 is 0. The number of anilines is 1. The Morgan fingerprint density at radius 2 is 2.05 bits per heavy atom. The topological polar surface area (TPSA) is 47.9 Å². The fourth-order valence-electron chi connectivity index (χ4n) is 2.54. The van der Waals surface area contributed by atoms with E-state index in [2.05, 4.69) is 23.3 Å². The van der Waals surface area contributed by atoms with E-state index in [0.717, 1.165) is 47.5 Å². The van der Waals surface area contributed by atoms with E-state index in [-0.39, 0.29) is 0 Å². The third kappa shape index (κ3) is 2.08. The number of nitrogens with one attached hydrogen (secondary N) is 3. The molecule has 0 saturated heterocycles. The van der Waals surface area contributed by atoms with Crippen molar-refractivity contribution in [2.24, 2.45) is 0 Å². The van der Waals surface area contributed by atoms with Gasteiger partial charge in [-0.2, -0.15) is 0 Å². The molecule has 0 unspecified atom stereocenters.